The van der Waals surface area contributed by atoms with E-state index >= 15 is 0 Å². The van der Waals surface area contributed by atoms with Crippen molar-refractivity contribution in [3.63, 3.8) is 0 Å². The van der Waals surface area contributed by atoms with Gasteiger partial charge >= 0.3 is 443 Å². The number of hydrogen-bond donors (Lipinski definition) is 0. The van der Waals surface area contributed by atoms with Gasteiger partial charge in [-0.1, -0.05) is 0 Å². The van der Waals surface area contributed by atoms with Crippen LogP contribution in [0.2, 0.25) is 12.8 Å². The fourth-order valence-electron chi connectivity index (χ4n) is 16.2. The summed E-state index contributed by atoms with van der Waals surface area (Å²) in [7, 11) is 0. The molecule has 0 aromatic heterocycles. The molecule has 0 bridgehead atoms. The fourth-order valence-corrected chi connectivity index (χ4v) is 26.1. The van der Waals surface area contributed by atoms with Crippen molar-refractivity contribution < 1.29 is 14.1 Å². The quantitative estimate of drug-likeness (QED) is 0.0898. The van der Waals surface area contributed by atoms with E-state index in [1.165, 1.54) is 127 Å². The molecule has 0 atom stereocenters. The molecule has 0 heterocycles. The zero-order valence-corrected chi connectivity index (χ0v) is 43.6. The van der Waals surface area contributed by atoms with Crippen molar-refractivity contribution in [3.05, 3.63) is 323 Å². The van der Waals surface area contributed by atoms with Crippen molar-refractivity contribution >= 4 is 0 Å². The zero-order valence-electron chi connectivity index (χ0n) is 42.4. The van der Waals surface area contributed by atoms with Crippen molar-refractivity contribution in [2.24, 2.45) is 0 Å². The van der Waals surface area contributed by atoms with Gasteiger partial charge in [-0.3, -0.25) is 0 Å². The first kappa shape index (κ1) is 47.5. The Hall–Kier alpha value is -6.49. The van der Waals surface area contributed by atoms with E-state index in [9.17, 15) is 0 Å². The van der Waals surface area contributed by atoms with Crippen molar-refractivity contribution in [1.82, 2.24) is 0 Å². The van der Waals surface area contributed by atoms with Crippen molar-refractivity contribution in [3.8, 4) is 0 Å². The van der Waals surface area contributed by atoms with Crippen LogP contribution in [-0.2, 0) is 30.4 Å². The van der Waals surface area contributed by atoms with Crippen LogP contribution >= 0.6 is 0 Å². The van der Waals surface area contributed by atoms with E-state index in [0.717, 1.165) is 0 Å². The van der Waals surface area contributed by atoms with Gasteiger partial charge in [0.2, 0.25) is 0 Å². The fraction of sp³-hybridized carbons (Fsp3) is 0.250. The normalized spacial score (nSPS) is 17.4. The monoisotopic (exact) mass is 985 g/mol. The van der Waals surface area contributed by atoms with E-state index in [1.807, 2.05) is 0 Å². The summed E-state index contributed by atoms with van der Waals surface area (Å²) in [5, 5.41) is 0. The van der Waals surface area contributed by atoms with Gasteiger partial charge in [0.1, 0.15) is 0 Å². The zero-order chi connectivity index (χ0) is 49.1. The molecule has 0 saturated heterocycles. The summed E-state index contributed by atoms with van der Waals surface area (Å²) in [5.41, 5.74) is 11.5. The number of hydrogen-bond acceptors (Lipinski definition) is 0. The third-order valence-electron chi connectivity index (χ3n) is 18.3. The molecule has 73 heavy (non-hydrogen) atoms. The molecule has 3 aliphatic rings. The molecule has 0 N–H and O–H groups in total. The van der Waals surface area contributed by atoms with Crippen molar-refractivity contribution in [1.29, 1.82) is 0 Å². The van der Waals surface area contributed by atoms with Crippen LogP contribution in [0.5, 0.6) is 0 Å². The Balaban J connectivity index is 1.37. The predicted octanol–water partition coefficient (Wildman–Crippen LogP) is 18.9. The standard InChI is InChI=1S/3C24H23.Cr/c3*1-4-12-20(13-5-1)24(23-18-10-11-19-23,21-14-6-2-7-15-21)22-16-8-3-9-17-22;/h3*1-9,12-17H,10-11,18-19H2;. The molecule has 0 unspecified atom stereocenters. The average molecular weight is 986 g/mol. The SMILES string of the molecule is c1ccc(C(c2ccccc2)(c2ccccc2)[C]2([Cr]([C]3(C(c4ccccc4)(c4ccccc4)c4ccccc4)CCCC3)[C]3(C(c4ccccc4)(c4ccccc4)c4ccccc4)CCCC3)CCCC2)cc1. The predicted molar refractivity (Wildman–Crippen MR) is 301 cm³/mol. The molecule has 363 valence electrons. The van der Waals surface area contributed by atoms with E-state index in [1.54, 1.807) is 0 Å². The number of rotatable bonds is 15. The second-order valence-corrected chi connectivity index (χ2v) is 26.1. The third-order valence-corrected chi connectivity index (χ3v) is 25.3. The first-order chi connectivity index (χ1) is 36.2. The van der Waals surface area contributed by atoms with Crippen LogP contribution in [0.4, 0.5) is 0 Å². The van der Waals surface area contributed by atoms with Gasteiger partial charge in [-0.05, 0) is 0 Å². The first-order valence-corrected chi connectivity index (χ1v) is 29.3. The van der Waals surface area contributed by atoms with Gasteiger partial charge in [0.25, 0.3) is 0 Å². The minimum absolute atomic E-state index is 0.196. The maximum atomic E-state index is 2.55. The summed E-state index contributed by atoms with van der Waals surface area (Å²) in [6.07, 6.45) is 14.3. The van der Waals surface area contributed by atoms with Gasteiger partial charge in [-0.2, -0.15) is 0 Å². The molecular formula is C72H69Cr. The molecule has 1 heteroatoms. The van der Waals surface area contributed by atoms with Crippen LogP contribution < -0.4 is 0 Å². The Labute approximate surface area is 440 Å². The molecule has 3 aliphatic carbocycles. The molecule has 9 aromatic carbocycles. The molecular weight excluding hydrogens is 917 g/mol. The van der Waals surface area contributed by atoms with E-state index in [4.69, 9.17) is 0 Å². The van der Waals surface area contributed by atoms with Crippen molar-refractivity contribution in [2.75, 3.05) is 0 Å². The summed E-state index contributed by atoms with van der Waals surface area (Å²) in [6.45, 7) is 0. The summed E-state index contributed by atoms with van der Waals surface area (Å²) >= 11 is -2.42. The van der Waals surface area contributed by atoms with Gasteiger partial charge in [-0.25, -0.2) is 0 Å². The second kappa shape index (κ2) is 20.1. The Kier molecular flexibility index (Phi) is 13.1. The topological polar surface area (TPSA) is 0 Å². The summed E-state index contributed by atoms with van der Waals surface area (Å²) < 4.78 is -0.587. The molecule has 12 rings (SSSR count). The van der Waals surface area contributed by atoms with E-state index in [0.29, 0.717) is 0 Å². The molecule has 9 aromatic rings. The van der Waals surface area contributed by atoms with E-state index < -0.39 is 30.4 Å². The molecule has 0 amide bonds. The third kappa shape index (κ3) is 7.21. The van der Waals surface area contributed by atoms with E-state index in [-0.39, 0.29) is 12.8 Å². The van der Waals surface area contributed by atoms with E-state index in [2.05, 4.69) is 273 Å². The Bertz CT molecular complexity index is 2500. The second-order valence-electron chi connectivity index (χ2n) is 21.5. The van der Waals surface area contributed by atoms with Crippen LogP contribution in [-0.4, -0.2) is 0 Å². The number of benzene rings is 9. The Morgan fingerprint density at radius 1 is 0.192 bits per heavy atom. The van der Waals surface area contributed by atoms with Crippen LogP contribution in [0, 0.1) is 0 Å². The average Bonchev–Trinajstić information content (AvgIpc) is 4.30. The molecule has 0 nitrogen and oxygen atoms in total. The van der Waals surface area contributed by atoms with Gasteiger partial charge in [0.05, 0.1) is 0 Å². The van der Waals surface area contributed by atoms with Crippen LogP contribution in [0.15, 0.2) is 273 Å². The van der Waals surface area contributed by atoms with Gasteiger partial charge in [-0.15, -0.1) is 0 Å². The van der Waals surface area contributed by atoms with Crippen LogP contribution in [0.3, 0.4) is 0 Å². The van der Waals surface area contributed by atoms with Crippen LogP contribution in [0.25, 0.3) is 0 Å². The molecule has 0 radical (unpaired) electrons. The van der Waals surface area contributed by atoms with Gasteiger partial charge in [0, 0.05) is 0 Å². The van der Waals surface area contributed by atoms with Gasteiger partial charge < -0.3 is 0 Å². The first-order valence-electron chi connectivity index (χ1n) is 27.4. The molecule has 3 fully saturated rings. The summed E-state index contributed by atoms with van der Waals surface area (Å²) in [5.74, 6) is 0. The van der Waals surface area contributed by atoms with Gasteiger partial charge in [0.15, 0.2) is 0 Å². The Morgan fingerprint density at radius 2 is 0.315 bits per heavy atom. The van der Waals surface area contributed by atoms with Crippen molar-refractivity contribution in [2.45, 2.75) is 106 Å². The maximum absolute atomic E-state index is 2.55. The Morgan fingerprint density at radius 3 is 0.438 bits per heavy atom. The summed E-state index contributed by atoms with van der Waals surface area (Å²) in [4.78, 5) is 0. The summed E-state index contributed by atoms with van der Waals surface area (Å²) in [6, 6.07) is 109. The van der Waals surface area contributed by atoms with Crippen LogP contribution in [0.1, 0.15) is 127 Å². The molecule has 0 aliphatic heterocycles. The molecule has 3 saturated carbocycles. The molecule has 0 spiro atoms. The minimum atomic E-state index is -2.42.